The van der Waals surface area contributed by atoms with Gasteiger partial charge in [0.25, 0.3) is 5.91 Å². The van der Waals surface area contributed by atoms with Crippen molar-refractivity contribution in [2.45, 2.75) is 17.6 Å². The van der Waals surface area contributed by atoms with Crippen molar-refractivity contribution in [1.82, 2.24) is 4.90 Å². The number of alkyl halides is 3. The molecule has 0 heterocycles. The van der Waals surface area contributed by atoms with Crippen molar-refractivity contribution in [2.75, 3.05) is 34.5 Å². The van der Waals surface area contributed by atoms with E-state index in [2.05, 4.69) is 0 Å². The summed E-state index contributed by atoms with van der Waals surface area (Å²) in [6.45, 7) is 0.487. The first kappa shape index (κ1) is 28.8. The molecule has 204 valence electrons. The van der Waals surface area contributed by atoms with Crippen LogP contribution in [0.2, 0.25) is 0 Å². The van der Waals surface area contributed by atoms with E-state index in [-0.39, 0.29) is 36.9 Å². The zero-order chi connectivity index (χ0) is 27.9. The van der Waals surface area contributed by atoms with Gasteiger partial charge >= 0.3 is 16.3 Å². The molecule has 0 aliphatic heterocycles. The van der Waals surface area contributed by atoms with Crippen molar-refractivity contribution in [3.8, 4) is 17.2 Å². The van der Waals surface area contributed by atoms with Crippen LogP contribution < -0.4 is 13.7 Å². The van der Waals surface area contributed by atoms with Gasteiger partial charge in [-0.15, -0.1) is 0 Å². The molecule has 0 saturated carbocycles. The second kappa shape index (κ2) is 12.2. The van der Waals surface area contributed by atoms with Crippen LogP contribution in [0.15, 0.2) is 71.6 Å². The zero-order valence-corrected chi connectivity index (χ0v) is 21.6. The highest BCUT2D eigenvalue weighted by atomic mass is 32.2. The molecule has 0 bridgehead atoms. The molecule has 12 heteroatoms. The second-order valence-corrected chi connectivity index (χ2v) is 9.54. The van der Waals surface area contributed by atoms with Gasteiger partial charge in [0, 0.05) is 26.3 Å². The van der Waals surface area contributed by atoms with Gasteiger partial charge in [-0.3, -0.25) is 4.79 Å². The molecule has 38 heavy (non-hydrogen) atoms. The van der Waals surface area contributed by atoms with Gasteiger partial charge in [-0.2, -0.15) is 21.6 Å². The Hall–Kier alpha value is -3.77. The number of carbonyl (C=O) groups excluding carboxylic acids is 1. The van der Waals surface area contributed by atoms with Crippen LogP contribution in [0.25, 0.3) is 0 Å². The lowest BCUT2D eigenvalue weighted by molar-refractivity contribution is -0.137. The maximum Gasteiger partial charge on any atom is 0.416 e. The molecule has 0 aliphatic rings. The summed E-state index contributed by atoms with van der Waals surface area (Å²) >= 11 is 0. The Balaban J connectivity index is 1.85. The molecule has 3 aromatic carbocycles. The molecule has 0 fully saturated rings. The standard InChI is InChI=1S/C26H26F3NO7S/c1-34-13-12-30(25(31)23-11-10-20(35-2)16-24(23)36-3)17-18-6-4-8-21(14-18)37-38(32,33)22-9-5-7-19(15-22)26(27,28)29/h4-11,14-16H,12-13,17H2,1-3H3. The number of ether oxygens (including phenoxy) is 3. The Morgan fingerprint density at radius 1 is 0.895 bits per heavy atom. The molecule has 0 atom stereocenters. The molecule has 0 unspecified atom stereocenters. The molecule has 0 aliphatic carbocycles. The Labute approximate surface area is 218 Å². The van der Waals surface area contributed by atoms with Crippen LogP contribution in [0.3, 0.4) is 0 Å². The molecule has 3 rings (SSSR count). The maximum absolute atomic E-state index is 13.4. The summed E-state index contributed by atoms with van der Waals surface area (Å²) in [4.78, 5) is 14.2. The summed E-state index contributed by atoms with van der Waals surface area (Å²) in [7, 11) is -0.153. The van der Waals surface area contributed by atoms with E-state index in [1.807, 2.05) is 0 Å². The van der Waals surface area contributed by atoms with Crippen LogP contribution in [-0.4, -0.2) is 53.7 Å². The smallest absolute Gasteiger partial charge is 0.416 e. The van der Waals surface area contributed by atoms with E-state index >= 15 is 0 Å². The summed E-state index contributed by atoms with van der Waals surface area (Å²) in [6.07, 6.45) is -4.71. The molecule has 0 saturated heterocycles. The molecule has 3 aromatic rings. The van der Waals surface area contributed by atoms with Crippen LogP contribution in [0.5, 0.6) is 17.2 Å². The summed E-state index contributed by atoms with van der Waals surface area (Å²) in [5.41, 5.74) is -0.320. The zero-order valence-electron chi connectivity index (χ0n) is 20.8. The number of methoxy groups -OCH3 is 3. The van der Waals surface area contributed by atoms with Crippen LogP contribution in [0, 0.1) is 0 Å². The van der Waals surface area contributed by atoms with Gasteiger partial charge in [0.2, 0.25) is 0 Å². The molecule has 0 aromatic heterocycles. The molecular weight excluding hydrogens is 527 g/mol. The quantitative estimate of drug-likeness (QED) is 0.316. The average Bonchev–Trinajstić information content (AvgIpc) is 2.89. The monoisotopic (exact) mass is 553 g/mol. The number of nitrogens with zero attached hydrogens (tertiary/aromatic N) is 1. The fraction of sp³-hybridized carbons (Fsp3) is 0.269. The van der Waals surface area contributed by atoms with E-state index in [4.69, 9.17) is 18.4 Å². The maximum atomic E-state index is 13.4. The topological polar surface area (TPSA) is 91.4 Å². The van der Waals surface area contributed by atoms with Crippen molar-refractivity contribution in [3.05, 3.63) is 83.4 Å². The second-order valence-electron chi connectivity index (χ2n) is 8.00. The van der Waals surface area contributed by atoms with E-state index in [1.165, 1.54) is 44.4 Å². The number of hydrogen-bond acceptors (Lipinski definition) is 7. The predicted molar refractivity (Wildman–Crippen MR) is 132 cm³/mol. The van der Waals surface area contributed by atoms with Crippen LogP contribution >= 0.6 is 0 Å². The van der Waals surface area contributed by atoms with Crippen LogP contribution in [-0.2, 0) is 27.6 Å². The van der Waals surface area contributed by atoms with Crippen LogP contribution in [0.4, 0.5) is 13.2 Å². The molecule has 0 N–H and O–H groups in total. The number of amides is 1. The van der Waals surface area contributed by atoms with Crippen molar-refractivity contribution in [1.29, 1.82) is 0 Å². The minimum absolute atomic E-state index is 0.0538. The van der Waals surface area contributed by atoms with Gasteiger partial charge < -0.3 is 23.3 Å². The van der Waals surface area contributed by atoms with E-state index in [9.17, 15) is 26.4 Å². The third-order valence-corrected chi connectivity index (χ3v) is 6.66. The van der Waals surface area contributed by atoms with E-state index < -0.39 is 26.8 Å². The summed E-state index contributed by atoms with van der Waals surface area (Å²) in [5, 5.41) is 0. The highest BCUT2D eigenvalue weighted by Gasteiger charge is 2.32. The van der Waals surface area contributed by atoms with E-state index in [0.717, 1.165) is 18.2 Å². The summed E-state index contributed by atoms with van der Waals surface area (Å²) in [6, 6.07) is 14.0. The largest absolute Gasteiger partial charge is 0.497 e. The lowest BCUT2D eigenvalue weighted by Crippen LogP contribution is -2.33. The van der Waals surface area contributed by atoms with Crippen molar-refractivity contribution in [3.63, 3.8) is 0 Å². The third-order valence-electron chi connectivity index (χ3n) is 5.42. The lowest BCUT2D eigenvalue weighted by Gasteiger charge is -2.24. The fourth-order valence-corrected chi connectivity index (χ4v) is 4.49. The molecule has 0 spiro atoms. The fourth-order valence-electron chi connectivity index (χ4n) is 3.52. The molecular formula is C26H26F3NO7S. The lowest BCUT2D eigenvalue weighted by atomic mass is 10.1. The summed E-state index contributed by atoms with van der Waals surface area (Å²) < 4.78 is 85.2. The van der Waals surface area contributed by atoms with Crippen molar-refractivity contribution >= 4 is 16.0 Å². The normalized spacial score (nSPS) is 11.6. The first-order valence-corrected chi connectivity index (χ1v) is 12.6. The van der Waals surface area contributed by atoms with E-state index in [1.54, 1.807) is 24.3 Å². The van der Waals surface area contributed by atoms with Gasteiger partial charge in [-0.1, -0.05) is 18.2 Å². The van der Waals surface area contributed by atoms with Crippen molar-refractivity contribution < 1.29 is 44.8 Å². The van der Waals surface area contributed by atoms with Gasteiger partial charge in [0.1, 0.15) is 22.1 Å². The number of hydrogen-bond donors (Lipinski definition) is 0. The number of carbonyl (C=O) groups is 1. The number of benzene rings is 3. The Morgan fingerprint density at radius 3 is 2.29 bits per heavy atom. The van der Waals surface area contributed by atoms with Gasteiger partial charge in [-0.25, -0.2) is 0 Å². The molecule has 1 amide bonds. The minimum Gasteiger partial charge on any atom is -0.497 e. The molecule has 0 radical (unpaired) electrons. The van der Waals surface area contributed by atoms with Crippen molar-refractivity contribution in [2.24, 2.45) is 0 Å². The highest BCUT2D eigenvalue weighted by molar-refractivity contribution is 7.87. The molecule has 8 nitrogen and oxygen atoms in total. The Morgan fingerprint density at radius 2 is 1.63 bits per heavy atom. The SMILES string of the molecule is COCCN(Cc1cccc(OS(=O)(=O)c2cccc(C(F)(F)F)c2)c1)C(=O)c1ccc(OC)cc1OC. The number of halogens is 3. The summed E-state index contributed by atoms with van der Waals surface area (Å²) in [5.74, 6) is 0.320. The first-order chi connectivity index (χ1) is 18.0. The number of rotatable bonds is 11. The van der Waals surface area contributed by atoms with E-state index in [0.29, 0.717) is 23.1 Å². The van der Waals surface area contributed by atoms with Gasteiger partial charge in [-0.05, 0) is 48.0 Å². The predicted octanol–water partition coefficient (Wildman–Crippen LogP) is 4.78. The average molecular weight is 554 g/mol. The van der Waals surface area contributed by atoms with Crippen LogP contribution in [0.1, 0.15) is 21.5 Å². The van der Waals surface area contributed by atoms with Gasteiger partial charge in [0.15, 0.2) is 0 Å². The Bertz CT molecular complexity index is 1380. The third kappa shape index (κ3) is 7.17. The Kier molecular flexibility index (Phi) is 9.23. The highest BCUT2D eigenvalue weighted by Crippen LogP contribution is 2.31. The van der Waals surface area contributed by atoms with Gasteiger partial charge in [0.05, 0.1) is 32.0 Å². The minimum atomic E-state index is -4.71. The first-order valence-electron chi connectivity index (χ1n) is 11.2.